The number of amides is 3. The monoisotopic (exact) mass is 696 g/mol. The van der Waals surface area contributed by atoms with Gasteiger partial charge in [0.15, 0.2) is 0 Å². The number of alkyl carbamates (subject to hydrolysis) is 1. The summed E-state index contributed by atoms with van der Waals surface area (Å²) in [5, 5.41) is 20.4. The van der Waals surface area contributed by atoms with Crippen molar-refractivity contribution in [3.05, 3.63) is 102 Å². The average Bonchev–Trinajstić information content (AvgIpc) is 3.85. The Morgan fingerprint density at radius 2 is 1.75 bits per heavy atom. The van der Waals surface area contributed by atoms with Crippen LogP contribution in [0.15, 0.2) is 85.2 Å². The number of carboxylic acids is 1. The SMILES string of the molecule is CC(C)(C)OC(=O)NCCNC(=O)c1cc2c(-c3cccc(O[C@H]4C[C@@H](C(=O)O)N(C(=O)c5cnn(-c6ccc(F)cc6)c5)C4)c3)cccc2[nH]1. The first-order valence-electron chi connectivity index (χ1n) is 16.3. The third kappa shape index (κ3) is 8.18. The van der Waals surface area contributed by atoms with Gasteiger partial charge in [-0.05, 0) is 80.4 Å². The Morgan fingerprint density at radius 3 is 2.49 bits per heavy atom. The van der Waals surface area contributed by atoms with Crippen LogP contribution in [-0.2, 0) is 9.53 Å². The van der Waals surface area contributed by atoms with Gasteiger partial charge in [0.05, 0.1) is 24.0 Å². The number of hydrogen-bond acceptors (Lipinski definition) is 7. The standard InChI is InChI=1S/C37H37FN6O7/c1-37(2,3)51-36(49)40-15-14-39-33(45)31-18-29-28(8-5-9-30(29)42-31)22-6-4-7-26(16-22)50-27-17-32(35(47)48)43(21-27)34(46)23-19-41-44(20-23)25-12-10-24(38)11-13-25/h4-13,16,18-20,27,32,42H,14-15,17,21H2,1-3H3,(H,39,45)(H,40,49)(H,47,48)/t27-,32-/m0/s1. The summed E-state index contributed by atoms with van der Waals surface area (Å²) in [4.78, 5) is 54.8. The molecule has 1 aliphatic heterocycles. The number of rotatable bonds is 10. The van der Waals surface area contributed by atoms with Crippen LogP contribution in [0.5, 0.6) is 5.75 Å². The molecule has 1 saturated heterocycles. The van der Waals surface area contributed by atoms with Crippen molar-refractivity contribution in [3.63, 3.8) is 0 Å². The zero-order valence-electron chi connectivity index (χ0n) is 28.2. The van der Waals surface area contributed by atoms with Crippen molar-refractivity contribution in [3.8, 4) is 22.6 Å². The van der Waals surface area contributed by atoms with Gasteiger partial charge in [-0.15, -0.1) is 0 Å². The van der Waals surface area contributed by atoms with E-state index in [1.807, 2.05) is 36.4 Å². The summed E-state index contributed by atoms with van der Waals surface area (Å²) in [6.45, 7) is 5.74. The van der Waals surface area contributed by atoms with Crippen LogP contribution in [-0.4, -0.2) is 86.0 Å². The number of aliphatic carboxylic acids is 1. The highest BCUT2D eigenvalue weighted by Gasteiger charge is 2.41. The lowest BCUT2D eigenvalue weighted by Gasteiger charge is -2.20. The molecule has 4 N–H and O–H groups in total. The van der Waals surface area contributed by atoms with Gasteiger partial charge in [-0.1, -0.05) is 24.3 Å². The minimum atomic E-state index is -1.15. The molecule has 1 aliphatic rings. The number of H-pyrrole nitrogens is 1. The lowest BCUT2D eigenvalue weighted by molar-refractivity contribution is -0.141. The van der Waals surface area contributed by atoms with E-state index in [4.69, 9.17) is 9.47 Å². The second kappa shape index (κ2) is 14.4. The normalized spacial score (nSPS) is 15.8. The molecule has 0 aliphatic carbocycles. The van der Waals surface area contributed by atoms with Crippen LogP contribution in [0.4, 0.5) is 9.18 Å². The summed E-state index contributed by atoms with van der Waals surface area (Å²) in [6, 6.07) is 19.2. The third-order valence-corrected chi connectivity index (χ3v) is 8.16. The van der Waals surface area contributed by atoms with Gasteiger partial charge >= 0.3 is 12.1 Å². The summed E-state index contributed by atoms with van der Waals surface area (Å²) in [6.07, 6.45) is 1.75. The molecule has 0 saturated carbocycles. The Balaban J connectivity index is 1.12. The highest BCUT2D eigenvalue weighted by Crippen LogP contribution is 2.33. The van der Waals surface area contributed by atoms with Crippen molar-refractivity contribution < 1.29 is 38.1 Å². The number of ether oxygens (including phenoxy) is 2. The molecule has 51 heavy (non-hydrogen) atoms. The van der Waals surface area contributed by atoms with Crippen LogP contribution in [0.25, 0.3) is 27.7 Å². The molecule has 2 aromatic heterocycles. The maximum absolute atomic E-state index is 13.5. The predicted molar refractivity (Wildman–Crippen MR) is 185 cm³/mol. The fourth-order valence-electron chi connectivity index (χ4n) is 5.88. The number of likely N-dealkylation sites (tertiary alicyclic amines) is 1. The number of carbonyl (C=O) groups excluding carboxylic acids is 3. The summed E-state index contributed by atoms with van der Waals surface area (Å²) in [5.41, 5.74) is 2.85. The molecule has 0 radical (unpaired) electrons. The van der Waals surface area contributed by atoms with E-state index in [1.54, 1.807) is 32.9 Å². The maximum atomic E-state index is 13.5. The molecule has 3 aromatic carbocycles. The Kier molecular flexibility index (Phi) is 9.76. The Hall–Kier alpha value is -6.18. The van der Waals surface area contributed by atoms with Crippen molar-refractivity contribution in [2.24, 2.45) is 0 Å². The number of carboxylic acid groups (broad SMARTS) is 1. The molecule has 13 nitrogen and oxygen atoms in total. The summed E-state index contributed by atoms with van der Waals surface area (Å²) >= 11 is 0. The number of halogens is 1. The second-order valence-electron chi connectivity index (χ2n) is 13.1. The minimum Gasteiger partial charge on any atom is -0.488 e. The van der Waals surface area contributed by atoms with E-state index >= 15 is 0 Å². The van der Waals surface area contributed by atoms with Crippen LogP contribution in [0.2, 0.25) is 0 Å². The quantitative estimate of drug-likeness (QED) is 0.145. The second-order valence-corrected chi connectivity index (χ2v) is 13.1. The van der Waals surface area contributed by atoms with Gasteiger partial charge in [-0.25, -0.2) is 18.7 Å². The number of benzene rings is 3. The van der Waals surface area contributed by atoms with Gasteiger partial charge in [0.25, 0.3) is 11.8 Å². The number of nitrogens with one attached hydrogen (secondary N) is 3. The topological polar surface area (TPSA) is 168 Å². The molecule has 0 unspecified atom stereocenters. The average molecular weight is 697 g/mol. The third-order valence-electron chi connectivity index (χ3n) is 8.16. The molecule has 5 aromatic rings. The van der Waals surface area contributed by atoms with E-state index in [-0.39, 0.29) is 37.5 Å². The van der Waals surface area contributed by atoms with Crippen molar-refractivity contribution in [1.82, 2.24) is 30.3 Å². The lowest BCUT2D eigenvalue weighted by Crippen LogP contribution is -2.40. The number of hydrogen-bond donors (Lipinski definition) is 4. The highest BCUT2D eigenvalue weighted by molar-refractivity contribution is 6.03. The molecule has 0 spiro atoms. The number of aromatic amines is 1. The van der Waals surface area contributed by atoms with E-state index in [1.165, 1.54) is 46.2 Å². The predicted octanol–water partition coefficient (Wildman–Crippen LogP) is 5.16. The zero-order chi connectivity index (χ0) is 36.3. The van der Waals surface area contributed by atoms with Crippen LogP contribution < -0.4 is 15.4 Å². The van der Waals surface area contributed by atoms with Crippen LogP contribution in [0.3, 0.4) is 0 Å². The number of nitrogens with zero attached hydrogens (tertiary/aromatic N) is 3. The lowest BCUT2D eigenvalue weighted by atomic mass is 10.0. The summed E-state index contributed by atoms with van der Waals surface area (Å²) in [7, 11) is 0. The first-order chi connectivity index (χ1) is 24.3. The van der Waals surface area contributed by atoms with Crippen molar-refractivity contribution in [2.75, 3.05) is 19.6 Å². The van der Waals surface area contributed by atoms with Gasteiger partial charge in [0.2, 0.25) is 0 Å². The molecule has 6 rings (SSSR count). The van der Waals surface area contributed by atoms with Gasteiger partial charge in [-0.3, -0.25) is 9.59 Å². The molecule has 264 valence electrons. The van der Waals surface area contributed by atoms with E-state index in [9.17, 15) is 28.7 Å². The summed E-state index contributed by atoms with van der Waals surface area (Å²) < 4.78 is 26.2. The Labute approximate surface area is 292 Å². The van der Waals surface area contributed by atoms with Gasteiger partial charge < -0.3 is 35.1 Å². The van der Waals surface area contributed by atoms with E-state index in [0.717, 1.165) is 22.0 Å². The van der Waals surface area contributed by atoms with E-state index in [2.05, 4.69) is 20.7 Å². The largest absolute Gasteiger partial charge is 0.488 e. The molecule has 2 atom stereocenters. The van der Waals surface area contributed by atoms with Crippen molar-refractivity contribution in [2.45, 2.75) is 44.9 Å². The minimum absolute atomic E-state index is 0.0426. The molecule has 14 heteroatoms. The molecule has 3 amide bonds. The first kappa shape index (κ1) is 34.7. The highest BCUT2D eigenvalue weighted by atomic mass is 19.1. The molecular weight excluding hydrogens is 659 g/mol. The summed E-state index contributed by atoms with van der Waals surface area (Å²) in [5.74, 6) is -1.90. The van der Waals surface area contributed by atoms with Gasteiger partial charge in [-0.2, -0.15) is 5.10 Å². The van der Waals surface area contributed by atoms with Gasteiger partial charge in [0, 0.05) is 36.6 Å². The van der Waals surface area contributed by atoms with Crippen molar-refractivity contribution >= 4 is 34.8 Å². The maximum Gasteiger partial charge on any atom is 0.407 e. The smallest absolute Gasteiger partial charge is 0.407 e. The first-order valence-corrected chi connectivity index (χ1v) is 16.3. The zero-order valence-corrected chi connectivity index (χ0v) is 28.2. The number of carbonyl (C=O) groups is 4. The molecular formula is C37H37FN6O7. The Morgan fingerprint density at radius 1 is 1.00 bits per heavy atom. The van der Waals surface area contributed by atoms with Crippen LogP contribution in [0.1, 0.15) is 48.0 Å². The number of aromatic nitrogens is 3. The van der Waals surface area contributed by atoms with Crippen LogP contribution in [0, 0.1) is 5.82 Å². The Bertz CT molecular complexity index is 2080. The van der Waals surface area contributed by atoms with Gasteiger partial charge in [0.1, 0.15) is 35.0 Å². The number of fused-ring (bicyclic) bond motifs is 1. The fourth-order valence-corrected chi connectivity index (χ4v) is 5.88. The van der Waals surface area contributed by atoms with E-state index < -0.39 is 41.5 Å². The molecule has 1 fully saturated rings. The van der Waals surface area contributed by atoms with Crippen molar-refractivity contribution in [1.29, 1.82) is 0 Å². The van der Waals surface area contributed by atoms with E-state index in [0.29, 0.717) is 17.1 Å². The van der Waals surface area contributed by atoms with Crippen LogP contribution >= 0.6 is 0 Å². The fraction of sp³-hybridized carbons (Fsp3) is 0.270. The molecule has 3 heterocycles. The molecule has 0 bridgehead atoms.